The van der Waals surface area contributed by atoms with Crippen LogP contribution in [-0.2, 0) is 19.3 Å². The van der Waals surface area contributed by atoms with E-state index in [0.29, 0.717) is 41.8 Å². The maximum Gasteiger partial charge on any atom is 0.193 e. The fraction of sp³-hybridized carbons (Fsp3) is 0.435. The Hall–Kier alpha value is -2.37. The van der Waals surface area contributed by atoms with Crippen LogP contribution in [0.25, 0.3) is 22.3 Å². The third-order valence-corrected chi connectivity index (χ3v) is 8.54. The second-order valence-corrected chi connectivity index (χ2v) is 11.6. The molecule has 0 aliphatic carbocycles. The molecule has 2 aromatic heterocycles. The van der Waals surface area contributed by atoms with Crippen LogP contribution in [0, 0.1) is 0 Å². The van der Waals surface area contributed by atoms with Gasteiger partial charge in [-0.05, 0) is 18.2 Å². The number of rotatable bonds is 4. The largest absolute Gasteiger partial charge is 0.470 e. The van der Waals surface area contributed by atoms with Gasteiger partial charge in [0.1, 0.15) is 18.3 Å². The number of sulfone groups is 1. The summed E-state index contributed by atoms with van der Waals surface area (Å²) in [4.78, 5) is 10.0. The third-order valence-electron chi connectivity index (χ3n) is 6.64. The Labute approximate surface area is 201 Å². The van der Waals surface area contributed by atoms with Gasteiger partial charge in [0, 0.05) is 30.4 Å². The number of pyridine rings is 1. The van der Waals surface area contributed by atoms with Crippen molar-refractivity contribution in [3.05, 3.63) is 41.4 Å². The minimum atomic E-state index is -2.92. The SMILES string of the molecule is O=S1(=O)CCN(c2ccc(-c3nc4cc(O[C@@H]5CO[C@H]6[C@@H]5OC[C@H]6O)[nH]c4cc3Cl)cc2)CC1. The van der Waals surface area contributed by atoms with E-state index >= 15 is 0 Å². The zero-order valence-corrected chi connectivity index (χ0v) is 19.8. The minimum absolute atomic E-state index is 0.178. The van der Waals surface area contributed by atoms with Crippen LogP contribution in [0.3, 0.4) is 0 Å². The highest BCUT2D eigenvalue weighted by atomic mass is 35.5. The lowest BCUT2D eigenvalue weighted by atomic mass is 10.1. The number of hydrogen-bond donors (Lipinski definition) is 2. The van der Waals surface area contributed by atoms with Gasteiger partial charge >= 0.3 is 0 Å². The molecule has 1 aromatic carbocycles. The van der Waals surface area contributed by atoms with Crippen molar-refractivity contribution in [2.75, 3.05) is 42.7 Å². The molecule has 3 aliphatic heterocycles. The lowest BCUT2D eigenvalue weighted by Gasteiger charge is -2.28. The fourth-order valence-electron chi connectivity index (χ4n) is 4.78. The highest BCUT2D eigenvalue weighted by Gasteiger charge is 2.48. The van der Waals surface area contributed by atoms with Gasteiger partial charge in [-0.2, -0.15) is 0 Å². The minimum Gasteiger partial charge on any atom is -0.470 e. The second kappa shape index (κ2) is 8.39. The number of nitrogens with zero attached hydrogens (tertiary/aromatic N) is 2. The average Bonchev–Trinajstić information content (AvgIpc) is 3.50. The predicted molar refractivity (Wildman–Crippen MR) is 127 cm³/mol. The van der Waals surface area contributed by atoms with Crippen molar-refractivity contribution in [3.63, 3.8) is 0 Å². The number of hydrogen-bond acceptors (Lipinski definition) is 8. The summed E-state index contributed by atoms with van der Waals surface area (Å²) in [5, 5.41) is 10.4. The molecule has 180 valence electrons. The molecule has 3 aliphatic rings. The van der Waals surface area contributed by atoms with Crippen LogP contribution in [0.2, 0.25) is 5.02 Å². The first-order chi connectivity index (χ1) is 16.4. The van der Waals surface area contributed by atoms with Crippen molar-refractivity contribution >= 4 is 38.2 Å². The van der Waals surface area contributed by atoms with Crippen LogP contribution in [-0.4, -0.2) is 85.7 Å². The van der Waals surface area contributed by atoms with E-state index in [1.807, 2.05) is 36.4 Å². The van der Waals surface area contributed by atoms with Gasteiger partial charge in [0.25, 0.3) is 0 Å². The number of aromatic nitrogens is 2. The molecule has 9 nitrogen and oxygen atoms in total. The smallest absolute Gasteiger partial charge is 0.193 e. The Morgan fingerprint density at radius 3 is 2.59 bits per heavy atom. The highest BCUT2D eigenvalue weighted by molar-refractivity contribution is 7.91. The van der Waals surface area contributed by atoms with Crippen LogP contribution in [0.5, 0.6) is 5.88 Å². The first kappa shape index (κ1) is 22.1. The Kier molecular flexibility index (Phi) is 5.45. The van der Waals surface area contributed by atoms with Gasteiger partial charge in [-0.15, -0.1) is 0 Å². The Morgan fingerprint density at radius 2 is 1.82 bits per heavy atom. The van der Waals surface area contributed by atoms with Crippen LogP contribution in [0.15, 0.2) is 36.4 Å². The average molecular weight is 506 g/mol. The van der Waals surface area contributed by atoms with Crippen molar-refractivity contribution in [2.24, 2.45) is 0 Å². The van der Waals surface area contributed by atoms with Crippen molar-refractivity contribution in [3.8, 4) is 17.1 Å². The van der Waals surface area contributed by atoms with Gasteiger partial charge in [-0.3, -0.25) is 0 Å². The molecule has 2 N–H and O–H groups in total. The van der Waals surface area contributed by atoms with E-state index in [0.717, 1.165) is 16.8 Å². The number of nitrogens with one attached hydrogen (secondary N) is 1. The summed E-state index contributed by atoms with van der Waals surface area (Å²) < 4.78 is 40.7. The molecule has 3 fully saturated rings. The number of aliphatic hydroxyl groups is 1. The van der Waals surface area contributed by atoms with Gasteiger partial charge in [-0.1, -0.05) is 23.7 Å². The van der Waals surface area contributed by atoms with Crippen molar-refractivity contribution in [2.45, 2.75) is 24.4 Å². The third kappa shape index (κ3) is 4.03. The van der Waals surface area contributed by atoms with E-state index in [9.17, 15) is 13.5 Å². The van der Waals surface area contributed by atoms with Crippen LogP contribution in [0.1, 0.15) is 0 Å². The fourth-order valence-corrected chi connectivity index (χ4v) is 6.24. The standard InChI is InChI=1S/C23H24ClN3O6S/c24-15-9-16-17(10-20(25-16)33-19-12-32-22-18(28)11-31-23(19)22)26-21(15)13-1-3-14(4-2-13)27-5-7-34(29,30)8-6-27/h1-4,9-10,18-19,22-23,25,28H,5-8,11-12H2/t18-,19-,22-,23-/m1/s1. The topological polar surface area (TPSA) is 114 Å². The second-order valence-electron chi connectivity index (χ2n) is 8.89. The number of anilines is 1. The lowest BCUT2D eigenvalue weighted by molar-refractivity contribution is 0.00794. The molecule has 3 saturated heterocycles. The van der Waals surface area contributed by atoms with Crippen LogP contribution < -0.4 is 9.64 Å². The number of halogens is 1. The number of aromatic amines is 1. The molecule has 11 heteroatoms. The first-order valence-corrected chi connectivity index (χ1v) is 13.4. The van der Waals surface area contributed by atoms with Crippen molar-refractivity contribution in [1.82, 2.24) is 9.97 Å². The summed E-state index contributed by atoms with van der Waals surface area (Å²) >= 11 is 6.56. The van der Waals surface area contributed by atoms with Crippen molar-refractivity contribution in [1.29, 1.82) is 0 Å². The van der Waals surface area contributed by atoms with Crippen LogP contribution >= 0.6 is 11.6 Å². The first-order valence-electron chi connectivity index (χ1n) is 11.2. The molecule has 5 heterocycles. The summed E-state index contributed by atoms with van der Waals surface area (Å²) in [6.45, 7) is 1.58. The Morgan fingerprint density at radius 1 is 1.09 bits per heavy atom. The number of aliphatic hydroxyl groups excluding tert-OH is 1. The Balaban J connectivity index is 1.21. The number of H-pyrrole nitrogens is 1. The lowest BCUT2D eigenvalue weighted by Crippen LogP contribution is -2.40. The molecule has 0 unspecified atom stereocenters. The van der Waals surface area contributed by atoms with E-state index < -0.39 is 15.9 Å². The van der Waals surface area contributed by atoms with E-state index in [2.05, 4.69) is 9.88 Å². The number of benzene rings is 1. The zero-order chi connectivity index (χ0) is 23.4. The van der Waals surface area contributed by atoms with Gasteiger partial charge in [-0.25, -0.2) is 13.4 Å². The normalized spacial score (nSPS) is 28.4. The molecule has 0 saturated carbocycles. The molecule has 0 bridgehead atoms. The molecule has 4 atom stereocenters. The summed E-state index contributed by atoms with van der Waals surface area (Å²) in [6.07, 6.45) is -1.60. The van der Waals surface area contributed by atoms with Gasteiger partial charge < -0.3 is 29.2 Å². The molecule has 0 spiro atoms. The molecule has 6 rings (SSSR count). The molecule has 0 amide bonds. The molecule has 0 radical (unpaired) electrons. The summed E-state index contributed by atoms with van der Waals surface area (Å²) in [7, 11) is -2.92. The Bertz CT molecular complexity index is 1310. The zero-order valence-electron chi connectivity index (χ0n) is 18.2. The highest BCUT2D eigenvalue weighted by Crippen LogP contribution is 2.34. The molecule has 3 aromatic rings. The number of fused-ring (bicyclic) bond motifs is 2. The van der Waals surface area contributed by atoms with Gasteiger partial charge in [0.05, 0.1) is 46.5 Å². The van der Waals surface area contributed by atoms with Gasteiger partial charge in [0.15, 0.2) is 21.8 Å². The van der Waals surface area contributed by atoms with E-state index in [1.165, 1.54) is 0 Å². The monoisotopic (exact) mass is 505 g/mol. The maximum absolute atomic E-state index is 11.7. The van der Waals surface area contributed by atoms with E-state index in [-0.39, 0.29) is 36.4 Å². The van der Waals surface area contributed by atoms with E-state index in [1.54, 1.807) is 0 Å². The number of ether oxygens (including phenoxy) is 3. The quantitative estimate of drug-likeness (QED) is 0.553. The summed E-state index contributed by atoms with van der Waals surface area (Å²) in [6, 6.07) is 11.5. The predicted octanol–water partition coefficient (Wildman–Crippen LogP) is 2.02. The van der Waals surface area contributed by atoms with Crippen LogP contribution in [0.4, 0.5) is 5.69 Å². The molecular weight excluding hydrogens is 482 g/mol. The molecular formula is C23H24ClN3O6S. The van der Waals surface area contributed by atoms with Crippen molar-refractivity contribution < 1.29 is 27.7 Å². The summed E-state index contributed by atoms with van der Waals surface area (Å²) in [5.41, 5.74) is 3.95. The summed E-state index contributed by atoms with van der Waals surface area (Å²) in [5.74, 6) is 0.889. The maximum atomic E-state index is 11.7. The molecule has 34 heavy (non-hydrogen) atoms. The van der Waals surface area contributed by atoms with Gasteiger partial charge in [0.2, 0.25) is 0 Å². The van der Waals surface area contributed by atoms with E-state index in [4.69, 9.17) is 30.8 Å².